The smallest absolute Gasteiger partial charge is 0.449 e. The average molecular weight is 587 g/mol. The second-order valence-corrected chi connectivity index (χ2v) is 11.0. The molecule has 9 heteroatoms. The molecular formula is C34H29F3N2O4. The van der Waals surface area contributed by atoms with Crippen LogP contribution < -0.4 is 0 Å². The number of aryl methyl sites for hydroxylation is 1. The van der Waals surface area contributed by atoms with E-state index in [1.807, 2.05) is 48.5 Å². The van der Waals surface area contributed by atoms with Crippen molar-refractivity contribution in [2.24, 2.45) is 0 Å². The number of amides is 1. The fraction of sp³-hybridized carbons (Fsp3) is 0.206. The van der Waals surface area contributed by atoms with Crippen molar-refractivity contribution in [2.75, 3.05) is 0 Å². The molecule has 0 saturated heterocycles. The van der Waals surface area contributed by atoms with Crippen LogP contribution in [0.25, 0.3) is 22.0 Å². The Hall–Kier alpha value is -4.92. The number of hydrogen-bond donors (Lipinski definition) is 1. The fourth-order valence-electron chi connectivity index (χ4n) is 4.92. The van der Waals surface area contributed by atoms with E-state index in [0.29, 0.717) is 27.6 Å². The number of carboxylic acid groups (broad SMARTS) is 1. The van der Waals surface area contributed by atoms with Gasteiger partial charge in [-0.1, -0.05) is 66.7 Å². The van der Waals surface area contributed by atoms with Crippen molar-refractivity contribution in [2.45, 2.75) is 45.5 Å². The number of carboxylic acids is 1. The maximum absolute atomic E-state index is 14.1. The third kappa shape index (κ3) is 6.16. The number of para-hydroxylation sites is 1. The summed E-state index contributed by atoms with van der Waals surface area (Å²) in [5.41, 5.74) is 3.72. The minimum atomic E-state index is -4.64. The van der Waals surface area contributed by atoms with Gasteiger partial charge in [-0.15, -0.1) is 0 Å². The molecule has 0 aliphatic heterocycles. The van der Waals surface area contributed by atoms with E-state index in [4.69, 9.17) is 4.42 Å². The summed E-state index contributed by atoms with van der Waals surface area (Å²) in [6.07, 6.45) is -3.03. The zero-order chi connectivity index (χ0) is 30.9. The largest absolute Gasteiger partial charge is 0.481 e. The molecule has 0 aliphatic carbocycles. The summed E-state index contributed by atoms with van der Waals surface area (Å²) in [7, 11) is 0. The summed E-state index contributed by atoms with van der Waals surface area (Å²) < 4.78 is 44.8. The van der Waals surface area contributed by atoms with Crippen LogP contribution in [0.1, 0.15) is 52.4 Å². The number of carbonyl (C=O) groups is 2. The molecule has 0 fully saturated rings. The number of fused-ring (bicyclic) bond motifs is 1. The number of carbonyl (C=O) groups excluding carboxylic acids is 1. The monoisotopic (exact) mass is 586 g/mol. The van der Waals surface area contributed by atoms with Crippen LogP contribution in [-0.4, -0.2) is 26.9 Å². The van der Waals surface area contributed by atoms with Crippen molar-refractivity contribution in [3.63, 3.8) is 0 Å². The number of hydrogen-bond acceptors (Lipinski definition) is 4. The quantitative estimate of drug-likeness (QED) is 0.199. The van der Waals surface area contributed by atoms with Crippen molar-refractivity contribution in [3.05, 3.63) is 125 Å². The Bertz CT molecular complexity index is 1810. The number of nitrogens with zero attached hydrogens (tertiary/aromatic N) is 2. The maximum atomic E-state index is 14.1. The minimum Gasteiger partial charge on any atom is -0.481 e. The van der Waals surface area contributed by atoms with Gasteiger partial charge in [0.1, 0.15) is 5.76 Å². The number of aliphatic carboxylic acids is 1. The van der Waals surface area contributed by atoms with Crippen molar-refractivity contribution in [1.82, 2.24) is 9.88 Å². The van der Waals surface area contributed by atoms with E-state index in [9.17, 15) is 27.9 Å². The Morgan fingerprint density at radius 2 is 1.60 bits per heavy atom. The van der Waals surface area contributed by atoms with Gasteiger partial charge in [0.25, 0.3) is 5.91 Å². The lowest BCUT2D eigenvalue weighted by Gasteiger charge is -2.24. The molecule has 0 bridgehead atoms. The van der Waals surface area contributed by atoms with Gasteiger partial charge in [-0.05, 0) is 66.8 Å². The topological polar surface area (TPSA) is 83.6 Å². The molecule has 0 aliphatic rings. The number of aromatic nitrogens is 1. The van der Waals surface area contributed by atoms with E-state index in [-0.39, 0.29) is 24.8 Å². The van der Waals surface area contributed by atoms with Crippen LogP contribution in [0.3, 0.4) is 0 Å². The molecule has 1 amide bonds. The minimum absolute atomic E-state index is 0.00571. The van der Waals surface area contributed by atoms with Gasteiger partial charge in [-0.3, -0.25) is 14.6 Å². The summed E-state index contributed by atoms with van der Waals surface area (Å²) >= 11 is 0. The second kappa shape index (κ2) is 11.4. The summed E-state index contributed by atoms with van der Waals surface area (Å²) in [5.74, 6) is -2.42. The number of furan rings is 1. The Balaban J connectivity index is 1.48. The van der Waals surface area contributed by atoms with Gasteiger partial charge >= 0.3 is 12.1 Å². The zero-order valence-corrected chi connectivity index (χ0v) is 23.8. The van der Waals surface area contributed by atoms with Gasteiger partial charge in [0.05, 0.1) is 23.0 Å². The third-order valence-electron chi connectivity index (χ3n) is 7.53. The summed E-state index contributed by atoms with van der Waals surface area (Å²) in [4.78, 5) is 31.7. The molecule has 0 radical (unpaired) electrons. The zero-order valence-electron chi connectivity index (χ0n) is 23.8. The molecule has 0 unspecified atom stereocenters. The fourth-order valence-corrected chi connectivity index (χ4v) is 4.92. The van der Waals surface area contributed by atoms with Crippen LogP contribution in [0.2, 0.25) is 0 Å². The Morgan fingerprint density at radius 3 is 2.28 bits per heavy atom. The van der Waals surface area contributed by atoms with E-state index in [1.54, 1.807) is 51.2 Å². The highest BCUT2D eigenvalue weighted by atomic mass is 19.4. The highest BCUT2D eigenvalue weighted by Crippen LogP contribution is 2.32. The van der Waals surface area contributed by atoms with Gasteiger partial charge in [0, 0.05) is 18.1 Å². The van der Waals surface area contributed by atoms with Crippen molar-refractivity contribution in [3.8, 4) is 11.1 Å². The molecular weight excluding hydrogens is 557 g/mol. The molecule has 3 aromatic carbocycles. The van der Waals surface area contributed by atoms with Crippen LogP contribution in [0.15, 0.2) is 95.5 Å². The number of alkyl halides is 3. The van der Waals surface area contributed by atoms with Crippen LogP contribution in [0.4, 0.5) is 13.2 Å². The molecule has 1 N–H and O–H groups in total. The number of pyridine rings is 1. The molecule has 5 aromatic rings. The number of rotatable bonds is 8. The first-order valence-corrected chi connectivity index (χ1v) is 13.6. The van der Waals surface area contributed by atoms with Crippen molar-refractivity contribution >= 4 is 22.8 Å². The van der Waals surface area contributed by atoms with Crippen LogP contribution in [-0.2, 0) is 29.5 Å². The Labute approximate surface area is 246 Å². The van der Waals surface area contributed by atoms with Gasteiger partial charge in [0.2, 0.25) is 5.76 Å². The number of halogens is 3. The molecule has 2 aromatic heterocycles. The SMILES string of the molecule is Cc1cnc2ccccc2c1C(=O)N(Cc1ccc(-c2cccc(C(C)(C)C(=O)O)c2)cc1)Cc1ccc(C(F)(F)F)o1. The Kier molecular flexibility index (Phi) is 7.84. The lowest BCUT2D eigenvalue weighted by molar-refractivity contribution is -0.153. The first-order chi connectivity index (χ1) is 20.3. The highest BCUT2D eigenvalue weighted by Gasteiger charge is 2.35. The summed E-state index contributed by atoms with van der Waals surface area (Å²) in [6, 6.07) is 24.0. The predicted octanol–water partition coefficient (Wildman–Crippen LogP) is 8.03. The van der Waals surface area contributed by atoms with Crippen LogP contribution in [0.5, 0.6) is 0 Å². The van der Waals surface area contributed by atoms with E-state index in [2.05, 4.69) is 4.98 Å². The summed E-state index contributed by atoms with van der Waals surface area (Å²) in [5, 5.41) is 10.3. The van der Waals surface area contributed by atoms with Crippen molar-refractivity contribution < 1.29 is 32.3 Å². The molecule has 0 spiro atoms. The van der Waals surface area contributed by atoms with Crippen molar-refractivity contribution in [1.29, 1.82) is 0 Å². The predicted molar refractivity (Wildman–Crippen MR) is 156 cm³/mol. The van der Waals surface area contributed by atoms with E-state index < -0.39 is 23.3 Å². The average Bonchev–Trinajstić information content (AvgIpc) is 3.46. The van der Waals surface area contributed by atoms with Gasteiger partial charge in [-0.25, -0.2) is 0 Å². The molecule has 6 nitrogen and oxygen atoms in total. The molecule has 43 heavy (non-hydrogen) atoms. The first-order valence-electron chi connectivity index (χ1n) is 13.6. The van der Waals surface area contributed by atoms with Gasteiger partial charge in [0.15, 0.2) is 0 Å². The Morgan fingerprint density at radius 1 is 0.884 bits per heavy atom. The molecule has 0 atom stereocenters. The van der Waals surface area contributed by atoms with Gasteiger partial charge < -0.3 is 14.4 Å². The first kappa shape index (κ1) is 29.6. The normalized spacial score (nSPS) is 12.0. The summed E-state index contributed by atoms with van der Waals surface area (Å²) in [6.45, 7) is 4.98. The lowest BCUT2D eigenvalue weighted by Crippen LogP contribution is -2.31. The van der Waals surface area contributed by atoms with E-state index >= 15 is 0 Å². The van der Waals surface area contributed by atoms with Gasteiger partial charge in [-0.2, -0.15) is 13.2 Å². The molecule has 2 heterocycles. The molecule has 5 rings (SSSR count). The molecule has 220 valence electrons. The van der Waals surface area contributed by atoms with E-state index in [0.717, 1.165) is 22.8 Å². The van der Waals surface area contributed by atoms with Crippen LogP contribution >= 0.6 is 0 Å². The number of benzene rings is 3. The lowest BCUT2D eigenvalue weighted by atomic mass is 9.83. The van der Waals surface area contributed by atoms with E-state index in [1.165, 1.54) is 11.0 Å². The highest BCUT2D eigenvalue weighted by molar-refractivity contribution is 6.07. The third-order valence-corrected chi connectivity index (χ3v) is 7.53. The standard InChI is InChI=1S/C34H29F3N2O4/c1-21-18-38-28-10-5-4-9-27(28)30(21)31(40)39(20-26-15-16-29(43-26)34(35,36)37)19-22-11-13-23(14-12-22)24-7-6-8-25(17-24)33(2,3)32(41)42/h4-18H,19-20H2,1-3H3,(H,41,42). The second-order valence-electron chi connectivity index (χ2n) is 11.0. The molecule has 0 saturated carbocycles. The van der Waals surface area contributed by atoms with Crippen LogP contribution in [0, 0.1) is 6.92 Å². The maximum Gasteiger partial charge on any atom is 0.449 e.